The van der Waals surface area contributed by atoms with E-state index in [1.54, 1.807) is 6.07 Å². The Morgan fingerprint density at radius 2 is 1.76 bits per heavy atom. The first-order chi connectivity index (χ1) is 11.8. The largest absolute Gasteiger partial charge is 0.504 e. The number of amides is 2. The lowest BCUT2D eigenvalue weighted by atomic mass is 10.2. The molecule has 0 radical (unpaired) electrons. The minimum Gasteiger partial charge on any atom is -0.504 e. The molecule has 7 nitrogen and oxygen atoms in total. The number of ether oxygens (including phenoxy) is 1. The Hall–Kier alpha value is -2.64. The highest BCUT2D eigenvalue weighted by molar-refractivity contribution is 6.35. The van der Waals surface area contributed by atoms with Crippen molar-refractivity contribution in [2.45, 2.75) is 13.0 Å². The molecule has 2 aromatic rings. The Kier molecular flexibility index (Phi) is 5.95. The molecule has 0 aliphatic rings. The molecule has 0 unspecified atom stereocenters. The van der Waals surface area contributed by atoms with Crippen molar-refractivity contribution in [1.29, 1.82) is 0 Å². The first-order valence-corrected chi connectivity index (χ1v) is 7.77. The van der Waals surface area contributed by atoms with E-state index >= 15 is 0 Å². The maximum atomic E-state index is 12.0. The fourth-order valence-corrected chi connectivity index (χ4v) is 2.22. The number of nitrogens with one attached hydrogen (secondary N) is 2. The second-order valence-electron chi connectivity index (χ2n) is 4.98. The van der Waals surface area contributed by atoms with E-state index in [0.717, 1.165) is 12.1 Å². The van der Waals surface area contributed by atoms with E-state index in [0.29, 0.717) is 5.02 Å². The summed E-state index contributed by atoms with van der Waals surface area (Å²) in [6, 6.07) is 8.05. The summed E-state index contributed by atoms with van der Waals surface area (Å²) in [5, 5.41) is 19.2. The molecular weight excluding hydrogens is 371 g/mol. The zero-order valence-electron chi connectivity index (χ0n) is 12.9. The van der Waals surface area contributed by atoms with E-state index in [-0.39, 0.29) is 22.1 Å². The maximum absolute atomic E-state index is 12.0. The molecular formula is C16H14Cl2N2O5. The number of hydrogen-bond acceptors (Lipinski definition) is 5. The van der Waals surface area contributed by atoms with Crippen LogP contribution in [0.4, 0.5) is 0 Å². The number of aromatic hydroxyl groups is 2. The predicted octanol–water partition coefficient (Wildman–Crippen LogP) is 2.63. The summed E-state index contributed by atoms with van der Waals surface area (Å²) in [6.07, 6.45) is -0.952. The molecule has 0 aliphatic carbocycles. The number of hydrogen-bond donors (Lipinski definition) is 4. The van der Waals surface area contributed by atoms with Gasteiger partial charge in [-0.1, -0.05) is 23.2 Å². The molecule has 0 aromatic heterocycles. The summed E-state index contributed by atoms with van der Waals surface area (Å²) < 4.78 is 5.41. The molecule has 0 saturated heterocycles. The minimum atomic E-state index is -0.952. The SMILES string of the molecule is C[C@@H](Oc1ccc(Cl)cc1Cl)C(=O)NNC(=O)c1ccc(O)c(O)c1. The first-order valence-electron chi connectivity index (χ1n) is 7.02. The van der Waals surface area contributed by atoms with E-state index in [1.165, 1.54) is 25.1 Å². The third kappa shape index (κ3) is 4.91. The van der Waals surface area contributed by atoms with Gasteiger partial charge in [-0.2, -0.15) is 0 Å². The van der Waals surface area contributed by atoms with Crippen molar-refractivity contribution < 1.29 is 24.5 Å². The molecule has 25 heavy (non-hydrogen) atoms. The zero-order valence-corrected chi connectivity index (χ0v) is 14.4. The Morgan fingerprint density at radius 3 is 2.40 bits per heavy atom. The van der Waals surface area contributed by atoms with Crippen LogP contribution in [0.2, 0.25) is 10.0 Å². The topological polar surface area (TPSA) is 108 Å². The lowest BCUT2D eigenvalue weighted by Gasteiger charge is -2.16. The monoisotopic (exact) mass is 384 g/mol. The van der Waals surface area contributed by atoms with Crippen LogP contribution >= 0.6 is 23.2 Å². The molecule has 4 N–H and O–H groups in total. The van der Waals surface area contributed by atoms with E-state index in [1.807, 2.05) is 0 Å². The summed E-state index contributed by atoms with van der Waals surface area (Å²) in [7, 11) is 0. The summed E-state index contributed by atoms with van der Waals surface area (Å²) in [5.41, 5.74) is 4.41. The van der Waals surface area contributed by atoms with Crippen LogP contribution in [0.15, 0.2) is 36.4 Å². The van der Waals surface area contributed by atoms with E-state index in [9.17, 15) is 19.8 Å². The van der Waals surface area contributed by atoms with Crippen LogP contribution in [0.3, 0.4) is 0 Å². The highest BCUT2D eigenvalue weighted by Crippen LogP contribution is 2.28. The average Bonchev–Trinajstić information content (AvgIpc) is 2.57. The Morgan fingerprint density at radius 1 is 1.04 bits per heavy atom. The Labute approximate surface area is 153 Å². The number of phenolic OH excluding ortho intramolecular Hbond substituents is 2. The van der Waals surface area contributed by atoms with Crippen LogP contribution in [0.5, 0.6) is 17.2 Å². The van der Waals surface area contributed by atoms with Gasteiger partial charge in [0.1, 0.15) is 5.75 Å². The Bertz CT molecular complexity index is 813. The van der Waals surface area contributed by atoms with Crippen LogP contribution in [0.25, 0.3) is 0 Å². The summed E-state index contributed by atoms with van der Waals surface area (Å²) >= 11 is 11.7. The number of benzene rings is 2. The smallest absolute Gasteiger partial charge is 0.279 e. The second-order valence-corrected chi connectivity index (χ2v) is 5.83. The minimum absolute atomic E-state index is 0.0462. The fourth-order valence-electron chi connectivity index (χ4n) is 1.77. The number of carbonyl (C=O) groups is 2. The quantitative estimate of drug-likeness (QED) is 0.478. The van der Waals surface area contributed by atoms with Crippen molar-refractivity contribution in [2.75, 3.05) is 0 Å². The van der Waals surface area contributed by atoms with E-state index < -0.39 is 23.7 Å². The molecule has 0 aliphatic heterocycles. The van der Waals surface area contributed by atoms with Crippen LogP contribution < -0.4 is 15.6 Å². The second kappa shape index (κ2) is 7.96. The molecule has 0 saturated carbocycles. The van der Waals surface area contributed by atoms with Gasteiger partial charge in [0.25, 0.3) is 11.8 Å². The molecule has 2 amide bonds. The molecule has 2 rings (SSSR count). The first kappa shape index (κ1) is 18.7. The molecule has 132 valence electrons. The predicted molar refractivity (Wildman–Crippen MR) is 91.9 cm³/mol. The van der Waals surface area contributed by atoms with Gasteiger partial charge >= 0.3 is 0 Å². The van der Waals surface area contributed by atoms with Crippen molar-refractivity contribution >= 4 is 35.0 Å². The fraction of sp³-hybridized carbons (Fsp3) is 0.125. The number of carbonyl (C=O) groups excluding carboxylic acids is 2. The van der Waals surface area contributed by atoms with Crippen LogP contribution in [-0.2, 0) is 4.79 Å². The lowest BCUT2D eigenvalue weighted by molar-refractivity contribution is -0.128. The van der Waals surface area contributed by atoms with Gasteiger partial charge in [0.15, 0.2) is 17.6 Å². The summed E-state index contributed by atoms with van der Waals surface area (Å²) in [6.45, 7) is 1.47. The van der Waals surface area contributed by atoms with Crippen molar-refractivity contribution in [3.05, 3.63) is 52.0 Å². The van der Waals surface area contributed by atoms with E-state index in [4.69, 9.17) is 27.9 Å². The van der Waals surface area contributed by atoms with Crippen molar-refractivity contribution in [3.8, 4) is 17.2 Å². The molecule has 0 fully saturated rings. The van der Waals surface area contributed by atoms with E-state index in [2.05, 4.69) is 10.9 Å². The standard InChI is InChI=1S/C16H14Cl2N2O5/c1-8(25-14-5-3-10(17)7-11(14)18)15(23)19-20-16(24)9-2-4-12(21)13(22)6-9/h2-8,21-22H,1H3,(H,19,23)(H,20,24)/t8-/m1/s1. The van der Waals surface area contributed by atoms with Gasteiger partial charge in [-0.3, -0.25) is 20.4 Å². The highest BCUT2D eigenvalue weighted by Gasteiger charge is 2.17. The molecule has 9 heteroatoms. The van der Waals surface area contributed by atoms with Crippen LogP contribution in [0.1, 0.15) is 17.3 Å². The van der Waals surface area contributed by atoms with Gasteiger partial charge in [0.05, 0.1) is 5.02 Å². The van der Waals surface area contributed by atoms with Gasteiger partial charge in [-0.25, -0.2) is 0 Å². The van der Waals surface area contributed by atoms with Crippen LogP contribution in [-0.4, -0.2) is 28.1 Å². The molecule has 2 aromatic carbocycles. The number of phenols is 2. The highest BCUT2D eigenvalue weighted by atomic mass is 35.5. The maximum Gasteiger partial charge on any atom is 0.279 e. The van der Waals surface area contributed by atoms with Gasteiger partial charge in [0.2, 0.25) is 0 Å². The summed E-state index contributed by atoms with van der Waals surface area (Å²) in [5.74, 6) is -1.85. The normalized spacial score (nSPS) is 11.5. The lowest BCUT2D eigenvalue weighted by Crippen LogP contribution is -2.47. The number of rotatable bonds is 4. The summed E-state index contributed by atoms with van der Waals surface area (Å²) in [4.78, 5) is 23.9. The number of hydrazine groups is 1. The molecule has 0 heterocycles. The van der Waals surface area contributed by atoms with Gasteiger partial charge < -0.3 is 14.9 Å². The van der Waals surface area contributed by atoms with Crippen molar-refractivity contribution in [3.63, 3.8) is 0 Å². The third-order valence-electron chi connectivity index (χ3n) is 3.10. The van der Waals surface area contributed by atoms with Gasteiger partial charge in [0, 0.05) is 10.6 Å². The number of halogens is 2. The molecule has 0 spiro atoms. The van der Waals surface area contributed by atoms with Crippen molar-refractivity contribution in [1.82, 2.24) is 10.9 Å². The zero-order chi connectivity index (χ0) is 18.6. The molecule has 0 bridgehead atoms. The van der Waals surface area contributed by atoms with Crippen molar-refractivity contribution in [2.24, 2.45) is 0 Å². The molecule has 1 atom stereocenters. The Balaban J connectivity index is 1.92. The van der Waals surface area contributed by atoms with Gasteiger partial charge in [-0.05, 0) is 43.3 Å². The third-order valence-corrected chi connectivity index (χ3v) is 3.63. The average molecular weight is 385 g/mol. The van der Waals surface area contributed by atoms with Gasteiger partial charge in [-0.15, -0.1) is 0 Å². The van der Waals surface area contributed by atoms with Crippen LogP contribution in [0, 0.1) is 0 Å².